The van der Waals surface area contributed by atoms with E-state index in [0.717, 1.165) is 12.4 Å². The Bertz CT molecular complexity index is 245. The number of hydrogen-bond donors (Lipinski definition) is 1. The molecule has 1 aliphatic carbocycles. The van der Waals surface area contributed by atoms with Crippen LogP contribution in [0.25, 0.3) is 0 Å². The summed E-state index contributed by atoms with van der Waals surface area (Å²) in [7, 11) is 5.48. The highest BCUT2D eigenvalue weighted by molar-refractivity contribution is 6.45. The SMILES string of the molecule is CON(C)C(=O)CNCC12C[B]C1C2. The molecule has 1 heterocycles. The number of likely N-dealkylation sites (N-methyl/N-ethyl adjacent to an activating group) is 1. The first-order chi connectivity index (χ1) is 6.68. The molecular weight excluding hydrogens is 179 g/mol. The van der Waals surface area contributed by atoms with Gasteiger partial charge in [-0.15, -0.1) is 0 Å². The zero-order chi connectivity index (χ0) is 10.2. The molecule has 1 N–H and O–H groups in total. The third kappa shape index (κ3) is 1.66. The molecule has 1 aliphatic heterocycles. The van der Waals surface area contributed by atoms with E-state index in [0.29, 0.717) is 12.0 Å². The maximum absolute atomic E-state index is 11.3. The fourth-order valence-corrected chi connectivity index (χ4v) is 2.07. The summed E-state index contributed by atoms with van der Waals surface area (Å²) in [6.45, 7) is 1.34. The molecule has 0 bridgehead atoms. The van der Waals surface area contributed by atoms with E-state index in [2.05, 4.69) is 12.6 Å². The second-order valence-corrected chi connectivity index (χ2v) is 4.29. The van der Waals surface area contributed by atoms with Crippen LogP contribution in [0, 0.1) is 5.41 Å². The highest BCUT2D eigenvalue weighted by Gasteiger charge is 2.60. The summed E-state index contributed by atoms with van der Waals surface area (Å²) in [6.07, 6.45) is 2.54. The Labute approximate surface area is 85.2 Å². The summed E-state index contributed by atoms with van der Waals surface area (Å²) >= 11 is 0. The Morgan fingerprint density at radius 2 is 2.57 bits per heavy atom. The topological polar surface area (TPSA) is 41.6 Å². The number of amides is 1. The van der Waals surface area contributed by atoms with Crippen molar-refractivity contribution in [3.8, 4) is 0 Å². The molecule has 2 atom stereocenters. The molecule has 0 aromatic carbocycles. The second kappa shape index (κ2) is 3.55. The van der Waals surface area contributed by atoms with Crippen molar-refractivity contribution in [2.45, 2.75) is 18.6 Å². The van der Waals surface area contributed by atoms with Crippen LogP contribution >= 0.6 is 0 Å². The molecule has 2 rings (SSSR count). The lowest BCUT2D eigenvalue weighted by Crippen LogP contribution is -2.39. The highest BCUT2D eigenvalue weighted by atomic mass is 16.7. The van der Waals surface area contributed by atoms with Crippen LogP contribution in [0.2, 0.25) is 12.1 Å². The van der Waals surface area contributed by atoms with Gasteiger partial charge >= 0.3 is 0 Å². The van der Waals surface area contributed by atoms with Crippen molar-refractivity contribution in [2.24, 2.45) is 5.41 Å². The summed E-state index contributed by atoms with van der Waals surface area (Å²) in [5.74, 6) is 0.814. The number of hydroxylamine groups is 2. The molecule has 1 saturated heterocycles. The number of rotatable bonds is 5. The van der Waals surface area contributed by atoms with E-state index in [1.807, 2.05) is 0 Å². The van der Waals surface area contributed by atoms with Gasteiger partial charge in [0.15, 0.2) is 0 Å². The van der Waals surface area contributed by atoms with Gasteiger partial charge in [0.2, 0.25) is 0 Å². The largest absolute Gasteiger partial charge is 0.308 e. The first kappa shape index (κ1) is 9.99. The van der Waals surface area contributed by atoms with Gasteiger partial charge < -0.3 is 5.32 Å². The third-order valence-electron chi connectivity index (χ3n) is 3.44. The number of carbonyl (C=O) groups excluding carboxylic acids is 1. The number of hydrogen-bond acceptors (Lipinski definition) is 3. The van der Waals surface area contributed by atoms with Crippen molar-refractivity contribution >= 4 is 13.2 Å². The van der Waals surface area contributed by atoms with Gasteiger partial charge in [-0.3, -0.25) is 9.63 Å². The Morgan fingerprint density at radius 1 is 1.79 bits per heavy atom. The Balaban J connectivity index is 1.61. The van der Waals surface area contributed by atoms with E-state index >= 15 is 0 Å². The first-order valence-electron chi connectivity index (χ1n) is 5.03. The highest BCUT2D eigenvalue weighted by Crippen LogP contribution is 2.68. The minimum Gasteiger partial charge on any atom is -0.308 e. The van der Waals surface area contributed by atoms with E-state index in [-0.39, 0.29) is 5.91 Å². The van der Waals surface area contributed by atoms with E-state index in [1.165, 1.54) is 24.9 Å². The van der Waals surface area contributed by atoms with E-state index in [1.54, 1.807) is 7.05 Å². The average Bonchev–Trinajstić information content (AvgIpc) is 2.68. The predicted molar refractivity (Wildman–Crippen MR) is 54.0 cm³/mol. The number of nitrogens with one attached hydrogen (secondary N) is 1. The molecule has 14 heavy (non-hydrogen) atoms. The monoisotopic (exact) mass is 195 g/mol. The van der Waals surface area contributed by atoms with Crippen LogP contribution in [0.3, 0.4) is 0 Å². The van der Waals surface area contributed by atoms with Gasteiger partial charge in [-0.25, -0.2) is 5.06 Å². The van der Waals surface area contributed by atoms with Crippen LogP contribution in [-0.4, -0.2) is 45.5 Å². The van der Waals surface area contributed by atoms with Crippen LogP contribution in [-0.2, 0) is 9.63 Å². The van der Waals surface area contributed by atoms with Crippen molar-refractivity contribution in [3.63, 3.8) is 0 Å². The number of fused-ring (bicyclic) bond motifs is 1. The van der Waals surface area contributed by atoms with Crippen molar-refractivity contribution in [1.82, 2.24) is 10.4 Å². The summed E-state index contributed by atoms with van der Waals surface area (Å²) in [5.41, 5.74) is 0.534. The van der Waals surface area contributed by atoms with Crippen molar-refractivity contribution in [2.75, 3.05) is 27.2 Å². The summed E-state index contributed by atoms with van der Waals surface area (Å²) < 4.78 is 0. The second-order valence-electron chi connectivity index (χ2n) is 4.29. The number of carbonyl (C=O) groups is 1. The van der Waals surface area contributed by atoms with Crippen LogP contribution in [0.4, 0.5) is 0 Å². The van der Waals surface area contributed by atoms with Crippen molar-refractivity contribution in [1.29, 1.82) is 0 Å². The summed E-state index contributed by atoms with van der Waals surface area (Å²) in [6, 6.07) is 0. The fourth-order valence-electron chi connectivity index (χ4n) is 2.07. The van der Waals surface area contributed by atoms with Gasteiger partial charge in [-0.05, 0) is 5.41 Å². The van der Waals surface area contributed by atoms with Crippen LogP contribution in [0.1, 0.15) is 6.42 Å². The van der Waals surface area contributed by atoms with E-state index < -0.39 is 0 Å². The van der Waals surface area contributed by atoms with Gasteiger partial charge in [0.05, 0.1) is 13.7 Å². The van der Waals surface area contributed by atoms with Gasteiger partial charge in [0.25, 0.3) is 5.91 Å². The summed E-state index contributed by atoms with van der Waals surface area (Å²) in [4.78, 5) is 16.1. The molecule has 1 saturated carbocycles. The Kier molecular flexibility index (Phi) is 2.53. The van der Waals surface area contributed by atoms with Crippen molar-refractivity contribution in [3.05, 3.63) is 0 Å². The van der Waals surface area contributed by atoms with Crippen LogP contribution < -0.4 is 5.32 Å². The lowest BCUT2D eigenvalue weighted by atomic mass is 9.51. The standard InChI is InChI=1S/C9H16BN2O2/c1-12(14-2)8(13)4-11-6-9-3-7(9)10-5-9/h7,11H,3-6H2,1-2H3. The molecule has 0 aromatic rings. The van der Waals surface area contributed by atoms with Crippen molar-refractivity contribution < 1.29 is 9.63 Å². The average molecular weight is 195 g/mol. The molecule has 1 radical (unpaired) electrons. The molecule has 2 aliphatic rings. The summed E-state index contributed by atoms with van der Waals surface area (Å²) in [5, 5.41) is 4.45. The van der Waals surface area contributed by atoms with Gasteiger partial charge in [-0.2, -0.15) is 0 Å². The molecule has 2 fully saturated rings. The van der Waals surface area contributed by atoms with Crippen LogP contribution in [0.5, 0.6) is 0 Å². The zero-order valence-corrected chi connectivity index (χ0v) is 8.75. The Hall–Kier alpha value is -0.545. The molecule has 0 aromatic heterocycles. The van der Waals surface area contributed by atoms with Gasteiger partial charge in [-0.1, -0.05) is 18.6 Å². The molecule has 1 amide bonds. The van der Waals surface area contributed by atoms with E-state index in [9.17, 15) is 4.79 Å². The predicted octanol–water partition coefficient (Wildman–Crippen LogP) is -0.0895. The third-order valence-corrected chi connectivity index (χ3v) is 3.44. The minimum absolute atomic E-state index is 0.0237. The fraction of sp³-hybridized carbons (Fsp3) is 0.889. The quantitative estimate of drug-likeness (QED) is 0.492. The molecule has 2 unspecified atom stereocenters. The lowest BCUT2D eigenvalue weighted by Gasteiger charge is -2.25. The molecule has 0 spiro atoms. The van der Waals surface area contributed by atoms with Gasteiger partial charge in [0.1, 0.15) is 7.28 Å². The number of nitrogens with zero attached hydrogens (tertiary/aromatic N) is 1. The first-order valence-corrected chi connectivity index (χ1v) is 5.03. The lowest BCUT2D eigenvalue weighted by molar-refractivity contribution is -0.167. The maximum Gasteiger partial charge on any atom is 0.259 e. The maximum atomic E-state index is 11.3. The Morgan fingerprint density at radius 3 is 3.00 bits per heavy atom. The smallest absolute Gasteiger partial charge is 0.259 e. The van der Waals surface area contributed by atoms with Crippen LogP contribution in [0.15, 0.2) is 0 Å². The minimum atomic E-state index is -0.0237. The molecule has 77 valence electrons. The zero-order valence-electron chi connectivity index (χ0n) is 8.75. The molecule has 5 heteroatoms. The molecule has 4 nitrogen and oxygen atoms in total. The normalized spacial score (nSPS) is 32.6. The molecular formula is C9H16BN2O2. The van der Waals surface area contributed by atoms with E-state index in [4.69, 9.17) is 4.84 Å². The van der Waals surface area contributed by atoms with Gasteiger partial charge in [0, 0.05) is 13.6 Å².